The minimum atomic E-state index is -1.30. The van der Waals surface area contributed by atoms with Crippen molar-refractivity contribution >= 4 is 29.1 Å². The molecule has 2 aliphatic rings. The second-order valence-corrected chi connectivity index (χ2v) is 14.7. The van der Waals surface area contributed by atoms with E-state index in [4.69, 9.17) is 27.9 Å². The molecule has 1 unspecified atom stereocenters. The Labute approximate surface area is 277 Å². The van der Waals surface area contributed by atoms with Crippen LogP contribution in [0.5, 0.6) is 5.75 Å². The second kappa shape index (κ2) is 13.2. The number of ether oxygens (including phenoxy) is 1. The summed E-state index contributed by atoms with van der Waals surface area (Å²) in [5.41, 5.74) is 1.67. The summed E-state index contributed by atoms with van der Waals surface area (Å²) in [5.74, 6) is 0.607. The molecule has 3 aromatic carbocycles. The molecule has 0 spiro atoms. The number of nitrogens with zero attached hydrogens (tertiary/aromatic N) is 2. The molecule has 3 atom stereocenters. The summed E-state index contributed by atoms with van der Waals surface area (Å²) >= 11 is 12.6. The fraction of sp³-hybridized carbons (Fsp3) is 0.472. The van der Waals surface area contributed by atoms with Crippen LogP contribution in [0.2, 0.25) is 10.0 Å². The van der Waals surface area contributed by atoms with Crippen molar-refractivity contribution in [2.45, 2.75) is 70.3 Å². The van der Waals surface area contributed by atoms with Crippen molar-refractivity contribution in [3.8, 4) is 5.75 Å². The Morgan fingerprint density at radius 3 is 1.82 bits per heavy atom. The molecule has 3 N–H and O–H groups in total. The number of hydrogen-bond donors (Lipinski definition) is 3. The summed E-state index contributed by atoms with van der Waals surface area (Å²) in [4.78, 5) is 19.2. The predicted octanol–water partition coefficient (Wildman–Crippen LogP) is 6.43. The highest BCUT2D eigenvalue weighted by molar-refractivity contribution is 6.30. The van der Waals surface area contributed by atoms with Crippen LogP contribution in [0.3, 0.4) is 0 Å². The number of carbonyl (C=O) groups excluding carboxylic acids is 1. The molecule has 242 valence electrons. The third kappa shape index (κ3) is 7.51. The quantitative estimate of drug-likeness (QED) is 0.260. The molecule has 1 amide bonds. The van der Waals surface area contributed by atoms with Gasteiger partial charge in [0.05, 0.1) is 24.3 Å². The van der Waals surface area contributed by atoms with E-state index in [1.54, 1.807) is 0 Å². The zero-order valence-corrected chi connectivity index (χ0v) is 28.7. The topological polar surface area (TPSA) is 77.1 Å². The first-order chi connectivity index (χ1) is 21.2. The first-order valence-electron chi connectivity index (χ1n) is 15.8. The fourth-order valence-electron chi connectivity index (χ4n) is 6.43. The molecule has 2 fully saturated rings. The van der Waals surface area contributed by atoms with E-state index < -0.39 is 11.3 Å². The molecule has 0 saturated carbocycles. The van der Waals surface area contributed by atoms with Crippen molar-refractivity contribution in [3.05, 3.63) is 99.0 Å². The number of nitrogens with one attached hydrogen (secondary N) is 2. The first kappa shape index (κ1) is 33.7. The van der Waals surface area contributed by atoms with Crippen LogP contribution in [-0.2, 0) is 15.9 Å². The lowest BCUT2D eigenvalue weighted by Gasteiger charge is -2.42. The number of hydrogen-bond acceptors (Lipinski definition) is 6. The maximum absolute atomic E-state index is 15.1. The predicted molar refractivity (Wildman–Crippen MR) is 182 cm³/mol. The SMILES string of the molecule is CCOc1cc(C(C)(C)C)ccc1C1(C(=O)N2CCN(CC(C)(C)O)CC2)N[C@H](c2ccc(Cl)cc2)[C@H](c2ccc(Cl)cc2)N1. The van der Waals surface area contributed by atoms with Crippen molar-refractivity contribution in [1.29, 1.82) is 0 Å². The van der Waals surface area contributed by atoms with Crippen LogP contribution in [0, 0.1) is 0 Å². The zero-order chi connectivity index (χ0) is 32.6. The van der Waals surface area contributed by atoms with Crippen molar-refractivity contribution in [2.24, 2.45) is 0 Å². The molecule has 0 radical (unpaired) electrons. The van der Waals surface area contributed by atoms with Gasteiger partial charge in [0.2, 0.25) is 0 Å². The molecule has 2 saturated heterocycles. The van der Waals surface area contributed by atoms with Gasteiger partial charge >= 0.3 is 0 Å². The van der Waals surface area contributed by atoms with Gasteiger partial charge in [0.15, 0.2) is 5.66 Å². The number of halogens is 2. The number of carbonyl (C=O) groups is 1. The number of aliphatic hydroxyl groups is 1. The standard InChI is InChI=1S/C36H46Cl2N4O3/c1-7-45-30-22-26(34(2,3)4)12-17-29(30)36(33(43)42-20-18-41(19-21-42)23-35(5,6)44)39-31(24-8-13-27(37)14-9-24)32(40-36)25-10-15-28(38)16-11-25/h8-17,22,31-32,39-40,44H,7,18-21,23H2,1-6H3/t31-,32+,36?. The van der Waals surface area contributed by atoms with Gasteiger partial charge in [-0.25, -0.2) is 0 Å². The van der Waals surface area contributed by atoms with Gasteiger partial charge in [-0.3, -0.25) is 20.3 Å². The number of piperazine rings is 1. The molecular formula is C36H46Cl2N4O3. The molecule has 5 rings (SSSR count). The average molecular weight is 654 g/mol. The average Bonchev–Trinajstić information content (AvgIpc) is 3.38. The second-order valence-electron chi connectivity index (χ2n) is 13.9. The summed E-state index contributed by atoms with van der Waals surface area (Å²) in [6.07, 6.45) is 0. The van der Waals surface area contributed by atoms with Crippen LogP contribution in [-0.4, -0.2) is 65.7 Å². The van der Waals surface area contributed by atoms with Crippen LogP contribution < -0.4 is 15.4 Å². The van der Waals surface area contributed by atoms with Crippen LogP contribution in [0.1, 0.15) is 75.9 Å². The van der Waals surface area contributed by atoms with E-state index in [1.165, 1.54) is 0 Å². The van der Waals surface area contributed by atoms with Gasteiger partial charge in [-0.2, -0.15) is 0 Å². The van der Waals surface area contributed by atoms with Crippen LogP contribution in [0.15, 0.2) is 66.7 Å². The highest BCUT2D eigenvalue weighted by Crippen LogP contribution is 2.45. The maximum atomic E-state index is 15.1. The molecule has 2 aliphatic heterocycles. The highest BCUT2D eigenvalue weighted by atomic mass is 35.5. The van der Waals surface area contributed by atoms with E-state index in [0.29, 0.717) is 55.1 Å². The molecule has 3 aromatic rings. The summed E-state index contributed by atoms with van der Waals surface area (Å²) < 4.78 is 6.31. The number of rotatable bonds is 8. The van der Waals surface area contributed by atoms with Crippen LogP contribution in [0.25, 0.3) is 0 Å². The minimum Gasteiger partial charge on any atom is -0.493 e. The molecule has 0 bridgehead atoms. The first-order valence-corrected chi connectivity index (χ1v) is 16.5. The number of benzene rings is 3. The van der Waals surface area contributed by atoms with E-state index in [2.05, 4.69) is 48.4 Å². The zero-order valence-electron chi connectivity index (χ0n) is 27.2. The Morgan fingerprint density at radius 2 is 1.38 bits per heavy atom. The van der Waals surface area contributed by atoms with Crippen LogP contribution in [0.4, 0.5) is 0 Å². The maximum Gasteiger partial charge on any atom is 0.262 e. The third-order valence-corrected chi connectivity index (χ3v) is 9.18. The van der Waals surface area contributed by atoms with Gasteiger partial charge in [-0.05, 0) is 73.2 Å². The molecular weight excluding hydrogens is 607 g/mol. The van der Waals surface area contributed by atoms with E-state index in [1.807, 2.05) is 80.3 Å². The Balaban J connectivity index is 1.63. The van der Waals surface area contributed by atoms with E-state index in [0.717, 1.165) is 22.3 Å². The Kier molecular flexibility index (Phi) is 9.91. The lowest BCUT2D eigenvalue weighted by atomic mass is 9.84. The Bertz CT molecular complexity index is 1420. The Hall–Kier alpha value is -2.65. The van der Waals surface area contributed by atoms with Gasteiger partial charge in [0, 0.05) is 48.3 Å². The molecule has 0 aromatic heterocycles. The highest BCUT2D eigenvalue weighted by Gasteiger charge is 2.54. The van der Waals surface area contributed by atoms with E-state index >= 15 is 4.79 Å². The lowest BCUT2D eigenvalue weighted by molar-refractivity contribution is -0.141. The van der Waals surface area contributed by atoms with Gasteiger partial charge in [-0.15, -0.1) is 0 Å². The summed E-state index contributed by atoms with van der Waals surface area (Å²) in [6.45, 7) is 15.6. The Morgan fingerprint density at radius 1 is 0.867 bits per heavy atom. The van der Waals surface area contributed by atoms with Crippen molar-refractivity contribution in [1.82, 2.24) is 20.4 Å². The lowest BCUT2D eigenvalue weighted by Crippen LogP contribution is -2.62. The number of amides is 1. The summed E-state index contributed by atoms with van der Waals surface area (Å²) in [6, 6.07) is 21.2. The molecule has 0 aliphatic carbocycles. The monoisotopic (exact) mass is 652 g/mol. The molecule has 45 heavy (non-hydrogen) atoms. The molecule has 2 heterocycles. The van der Waals surface area contributed by atoms with Crippen LogP contribution >= 0.6 is 23.2 Å². The van der Waals surface area contributed by atoms with Crippen molar-refractivity contribution < 1.29 is 14.6 Å². The summed E-state index contributed by atoms with van der Waals surface area (Å²) in [7, 11) is 0. The largest absolute Gasteiger partial charge is 0.493 e. The molecule has 9 heteroatoms. The normalized spacial score (nSPS) is 22.9. The smallest absolute Gasteiger partial charge is 0.262 e. The van der Waals surface area contributed by atoms with Gasteiger partial charge in [0.1, 0.15) is 5.75 Å². The van der Waals surface area contributed by atoms with Crippen molar-refractivity contribution in [3.63, 3.8) is 0 Å². The fourth-order valence-corrected chi connectivity index (χ4v) is 6.68. The minimum absolute atomic E-state index is 0.0645. The van der Waals surface area contributed by atoms with E-state index in [-0.39, 0.29) is 23.4 Å². The third-order valence-electron chi connectivity index (χ3n) is 8.68. The van der Waals surface area contributed by atoms with Gasteiger partial charge in [-0.1, -0.05) is 80.4 Å². The molecule has 7 nitrogen and oxygen atoms in total. The summed E-state index contributed by atoms with van der Waals surface area (Å²) in [5, 5.41) is 19.3. The van der Waals surface area contributed by atoms with Gasteiger partial charge in [0.25, 0.3) is 5.91 Å². The van der Waals surface area contributed by atoms with Gasteiger partial charge < -0.3 is 14.7 Å². The van der Waals surface area contributed by atoms with Crippen molar-refractivity contribution in [2.75, 3.05) is 39.3 Å². The number of β-amino-alcohol motifs (C(OH)–C–C–N with tert-alkyl or cyclic N) is 1. The van der Waals surface area contributed by atoms with E-state index in [9.17, 15) is 5.11 Å².